The van der Waals surface area contributed by atoms with Crippen molar-refractivity contribution in [3.05, 3.63) is 35.2 Å². The van der Waals surface area contributed by atoms with Crippen LogP contribution in [0, 0.1) is 5.92 Å². The minimum absolute atomic E-state index is 0.0268. The third-order valence-electron chi connectivity index (χ3n) is 3.64. The van der Waals surface area contributed by atoms with E-state index in [1.165, 1.54) is 0 Å². The maximum atomic E-state index is 11.9. The van der Waals surface area contributed by atoms with Crippen LogP contribution in [0.5, 0.6) is 0 Å². The molecule has 1 aromatic heterocycles. The maximum absolute atomic E-state index is 11.9. The van der Waals surface area contributed by atoms with Crippen LogP contribution >= 0.6 is 11.3 Å². The zero-order chi connectivity index (χ0) is 13.9. The number of aliphatic hydroxyl groups excluding tert-OH is 1. The smallest absolute Gasteiger partial charge is 0.225 e. The van der Waals surface area contributed by atoms with E-state index in [0.717, 1.165) is 22.1 Å². The summed E-state index contributed by atoms with van der Waals surface area (Å²) in [5.74, 6) is -0.0949. The van der Waals surface area contributed by atoms with Gasteiger partial charge in [0.05, 0.1) is 18.6 Å². The van der Waals surface area contributed by atoms with Gasteiger partial charge in [0.25, 0.3) is 0 Å². The molecule has 1 aliphatic rings. The second kappa shape index (κ2) is 5.91. The summed E-state index contributed by atoms with van der Waals surface area (Å²) >= 11 is 1.61. The predicted octanol–water partition coefficient (Wildman–Crippen LogP) is 2.09. The summed E-state index contributed by atoms with van der Waals surface area (Å²) in [5.41, 5.74) is 0.883. The van der Waals surface area contributed by atoms with Crippen LogP contribution in [0.2, 0.25) is 0 Å². The normalized spacial score (nSPS) is 20.1. The van der Waals surface area contributed by atoms with Gasteiger partial charge in [-0.05, 0) is 23.3 Å². The Morgan fingerprint density at radius 1 is 1.50 bits per heavy atom. The second-order valence-electron chi connectivity index (χ2n) is 5.01. The highest BCUT2D eigenvalue weighted by Gasteiger charge is 2.24. The van der Waals surface area contributed by atoms with E-state index >= 15 is 0 Å². The zero-order valence-corrected chi connectivity index (χ0v) is 11.9. The number of aliphatic hydroxyl groups is 1. The van der Waals surface area contributed by atoms with E-state index in [-0.39, 0.29) is 18.4 Å². The van der Waals surface area contributed by atoms with Gasteiger partial charge in [0, 0.05) is 23.4 Å². The minimum Gasteiger partial charge on any atom is -0.387 e. The van der Waals surface area contributed by atoms with Crippen LogP contribution in [-0.4, -0.2) is 30.8 Å². The Kier molecular flexibility index (Phi) is 4.00. The molecule has 0 aliphatic carbocycles. The number of ether oxygens (including phenoxy) is 1. The van der Waals surface area contributed by atoms with Crippen molar-refractivity contribution < 1.29 is 14.6 Å². The molecule has 3 rings (SSSR count). The predicted molar refractivity (Wildman–Crippen MR) is 78.7 cm³/mol. The Bertz CT molecular complexity index is 604. The molecule has 5 heteroatoms. The molecule has 4 nitrogen and oxygen atoms in total. The quantitative estimate of drug-likeness (QED) is 0.907. The zero-order valence-electron chi connectivity index (χ0n) is 11.0. The number of hydrogen-bond acceptors (Lipinski definition) is 4. The summed E-state index contributed by atoms with van der Waals surface area (Å²) in [6.07, 6.45) is 0.0981. The third-order valence-corrected chi connectivity index (χ3v) is 4.62. The standard InChI is InChI=1S/C15H17NO3S/c17-13(7-16-15(18)10-5-6-19-8-10)12-9-20-14-4-2-1-3-11(12)14/h1-4,9-10,13,17H,5-8H2,(H,16,18)/t10-,13-/m0/s1. The molecular formula is C15H17NO3S. The van der Waals surface area contributed by atoms with Crippen LogP contribution in [0.1, 0.15) is 18.1 Å². The molecule has 2 N–H and O–H groups in total. The molecule has 0 bridgehead atoms. The summed E-state index contributed by atoms with van der Waals surface area (Å²) < 4.78 is 6.34. The topological polar surface area (TPSA) is 58.6 Å². The molecule has 2 heterocycles. The lowest BCUT2D eigenvalue weighted by molar-refractivity contribution is -0.125. The molecule has 1 amide bonds. The molecule has 1 fully saturated rings. The number of benzene rings is 1. The van der Waals surface area contributed by atoms with Crippen molar-refractivity contribution in [2.75, 3.05) is 19.8 Å². The van der Waals surface area contributed by atoms with Crippen molar-refractivity contribution >= 4 is 27.3 Å². The van der Waals surface area contributed by atoms with Gasteiger partial charge in [0.2, 0.25) is 5.91 Å². The van der Waals surface area contributed by atoms with Gasteiger partial charge in [-0.25, -0.2) is 0 Å². The monoisotopic (exact) mass is 291 g/mol. The van der Waals surface area contributed by atoms with Gasteiger partial charge in [-0.2, -0.15) is 0 Å². The Morgan fingerprint density at radius 3 is 3.15 bits per heavy atom. The van der Waals surface area contributed by atoms with Gasteiger partial charge in [-0.15, -0.1) is 11.3 Å². The second-order valence-corrected chi connectivity index (χ2v) is 5.92. The molecule has 2 atom stereocenters. The molecule has 0 radical (unpaired) electrons. The number of thiophene rings is 1. The van der Waals surface area contributed by atoms with E-state index < -0.39 is 6.10 Å². The first kappa shape index (κ1) is 13.5. The van der Waals surface area contributed by atoms with Gasteiger partial charge in [0.15, 0.2) is 0 Å². The lowest BCUT2D eigenvalue weighted by Gasteiger charge is -2.13. The molecule has 2 aromatic rings. The number of nitrogens with one attached hydrogen (secondary N) is 1. The van der Waals surface area contributed by atoms with Crippen LogP contribution in [0.25, 0.3) is 10.1 Å². The van der Waals surface area contributed by atoms with Crippen molar-refractivity contribution in [1.82, 2.24) is 5.32 Å². The number of fused-ring (bicyclic) bond motifs is 1. The average molecular weight is 291 g/mol. The highest BCUT2D eigenvalue weighted by molar-refractivity contribution is 7.17. The van der Waals surface area contributed by atoms with Gasteiger partial charge in [-0.1, -0.05) is 18.2 Å². The Hall–Kier alpha value is -1.43. The van der Waals surface area contributed by atoms with Gasteiger partial charge in [-0.3, -0.25) is 4.79 Å². The molecule has 0 saturated carbocycles. The van der Waals surface area contributed by atoms with Crippen LogP contribution in [0.3, 0.4) is 0 Å². The lowest BCUT2D eigenvalue weighted by Crippen LogP contribution is -2.34. The van der Waals surface area contributed by atoms with Crippen molar-refractivity contribution in [3.8, 4) is 0 Å². The van der Waals surface area contributed by atoms with Gasteiger partial charge >= 0.3 is 0 Å². The number of carbonyl (C=O) groups excluding carboxylic acids is 1. The molecule has 1 aromatic carbocycles. The van der Waals surface area contributed by atoms with Crippen LogP contribution in [0.4, 0.5) is 0 Å². The summed E-state index contributed by atoms with van der Waals surface area (Å²) in [6, 6.07) is 7.97. The van der Waals surface area contributed by atoms with Gasteiger partial charge in [0.1, 0.15) is 0 Å². The fraction of sp³-hybridized carbons (Fsp3) is 0.400. The van der Waals surface area contributed by atoms with Crippen LogP contribution < -0.4 is 5.32 Å². The fourth-order valence-corrected chi connectivity index (χ4v) is 3.46. The fourth-order valence-electron chi connectivity index (χ4n) is 2.45. The molecule has 1 saturated heterocycles. The van der Waals surface area contributed by atoms with Crippen LogP contribution in [0.15, 0.2) is 29.6 Å². The molecule has 106 valence electrons. The average Bonchev–Trinajstić information content (AvgIpc) is 3.13. The number of rotatable bonds is 4. The Labute approximate surface area is 121 Å². The highest BCUT2D eigenvalue weighted by atomic mass is 32.1. The Morgan fingerprint density at radius 2 is 2.35 bits per heavy atom. The minimum atomic E-state index is -0.669. The number of hydrogen-bond donors (Lipinski definition) is 2. The molecule has 1 aliphatic heterocycles. The van der Waals surface area contributed by atoms with Crippen LogP contribution in [-0.2, 0) is 9.53 Å². The highest BCUT2D eigenvalue weighted by Crippen LogP contribution is 2.29. The first-order valence-corrected chi connectivity index (χ1v) is 7.63. The van der Waals surface area contributed by atoms with E-state index in [4.69, 9.17) is 4.74 Å². The summed E-state index contributed by atoms with van der Waals surface area (Å²) in [5, 5.41) is 16.1. The van der Waals surface area contributed by atoms with Crippen molar-refractivity contribution in [2.24, 2.45) is 5.92 Å². The number of carbonyl (C=O) groups is 1. The summed E-state index contributed by atoms with van der Waals surface area (Å²) in [7, 11) is 0. The van der Waals surface area contributed by atoms with E-state index in [2.05, 4.69) is 5.32 Å². The third kappa shape index (κ3) is 2.70. The lowest BCUT2D eigenvalue weighted by atomic mass is 10.1. The van der Waals surface area contributed by atoms with Gasteiger partial charge < -0.3 is 15.2 Å². The van der Waals surface area contributed by atoms with Crippen molar-refractivity contribution in [3.63, 3.8) is 0 Å². The maximum Gasteiger partial charge on any atom is 0.225 e. The summed E-state index contributed by atoms with van der Waals surface area (Å²) in [4.78, 5) is 11.9. The molecule has 0 spiro atoms. The van der Waals surface area contributed by atoms with Crippen molar-refractivity contribution in [2.45, 2.75) is 12.5 Å². The van der Waals surface area contributed by atoms with E-state index in [1.54, 1.807) is 11.3 Å². The summed E-state index contributed by atoms with van der Waals surface area (Å²) in [6.45, 7) is 1.38. The largest absolute Gasteiger partial charge is 0.387 e. The van der Waals surface area contributed by atoms with E-state index in [1.807, 2.05) is 29.6 Å². The first-order chi connectivity index (χ1) is 9.75. The van der Waals surface area contributed by atoms with E-state index in [9.17, 15) is 9.90 Å². The Balaban J connectivity index is 1.64. The molecule has 0 unspecified atom stereocenters. The van der Waals surface area contributed by atoms with Crippen molar-refractivity contribution in [1.29, 1.82) is 0 Å². The number of amides is 1. The molecular weight excluding hydrogens is 274 g/mol. The SMILES string of the molecule is O=C(NC[C@H](O)c1csc2ccccc12)[C@H]1CCOC1. The molecule has 20 heavy (non-hydrogen) atoms. The first-order valence-electron chi connectivity index (χ1n) is 6.75. The van der Waals surface area contributed by atoms with E-state index in [0.29, 0.717) is 13.2 Å².